The average Bonchev–Trinajstić information content (AvgIpc) is 3.39. The molecule has 4 aliphatic heterocycles. The highest BCUT2D eigenvalue weighted by Gasteiger charge is 2.54. The lowest BCUT2D eigenvalue weighted by Crippen LogP contribution is -2.70. The molecule has 4 aliphatic rings. The fraction of sp³-hybridized carbons (Fsp3) is 0.237. The van der Waals surface area contributed by atoms with Crippen LogP contribution < -0.4 is 25.3 Å². The van der Waals surface area contributed by atoms with Crippen LogP contribution in [0.25, 0.3) is 0 Å². The molecule has 0 radical (unpaired) electrons. The van der Waals surface area contributed by atoms with Crippen molar-refractivity contribution in [3.63, 3.8) is 0 Å². The van der Waals surface area contributed by atoms with Crippen LogP contribution in [0.3, 0.4) is 0 Å². The second kappa shape index (κ2) is 28.6. The molecule has 4 heterocycles. The van der Waals surface area contributed by atoms with E-state index < -0.39 is 192 Å². The molecule has 4 unspecified atom stereocenters. The highest BCUT2D eigenvalue weighted by molar-refractivity contribution is 8.26. The van der Waals surface area contributed by atoms with Gasteiger partial charge >= 0.3 is 17.9 Å². The predicted octanol–water partition coefficient (Wildman–Crippen LogP) is 6.87. The Morgan fingerprint density at radius 2 is 0.835 bits per heavy atom. The summed E-state index contributed by atoms with van der Waals surface area (Å²) >= 11 is 18.7. The van der Waals surface area contributed by atoms with Gasteiger partial charge in [-0.3, -0.25) is 29.0 Å². The molecule has 0 aromatic heterocycles. The molecular weight excluding hydrogens is 1290 g/mol. The van der Waals surface area contributed by atoms with E-state index in [-0.39, 0.29) is 32.8 Å². The van der Waals surface area contributed by atoms with Crippen molar-refractivity contribution in [1.29, 1.82) is 0 Å². The number of rotatable bonds is 12. The number of amides is 3. The summed E-state index contributed by atoms with van der Waals surface area (Å²) in [6.07, 6.45) is 0. The second-order valence-corrected chi connectivity index (χ2v) is 20.1. The highest BCUT2D eigenvalue weighted by atomic mass is 36.0. The second-order valence-electron chi connectivity index (χ2n) is 14.0. The maximum absolute atomic E-state index is 13.5. The lowest BCUT2D eigenvalue weighted by molar-refractivity contribution is -0.150. The van der Waals surface area contributed by atoms with Gasteiger partial charge < -0.3 is 40.6 Å². The fourth-order valence-electron chi connectivity index (χ4n) is 5.81. The topological polar surface area (TPSA) is 269 Å². The van der Waals surface area contributed by atoms with Crippen molar-refractivity contribution >= 4 is 130 Å². The first-order valence-corrected chi connectivity index (χ1v) is 25.3. The number of carbonyl (C=O) groups is 7. The average molecular weight is 1320 g/mol. The van der Waals surface area contributed by atoms with E-state index in [1.165, 1.54) is 11.8 Å². The molecule has 2 saturated heterocycles. The monoisotopic (exact) mass is 1310 g/mol. The van der Waals surface area contributed by atoms with E-state index in [4.69, 9.17) is 60.1 Å². The zero-order chi connectivity index (χ0) is 60.6. The molecular formula is C38H20Cl5F15N4O14S3. The number of β-lactam (4-membered cyclic amide) rings is 2. The van der Waals surface area contributed by atoms with Gasteiger partial charge in [0.2, 0.25) is 102 Å². The number of ether oxygens (including phenoxy) is 3. The normalized spacial score (nSPS) is 17.8. The number of nitrogens with zero attached hydrogens (tertiary/aromatic N) is 2. The lowest BCUT2D eigenvalue weighted by atomic mass is 10.1. The zero-order valence-corrected chi connectivity index (χ0v) is 43.2. The quantitative estimate of drug-likeness (QED) is 0.0407. The molecule has 0 bridgehead atoms. The molecule has 434 valence electrons. The Labute approximate surface area is 461 Å². The summed E-state index contributed by atoms with van der Waals surface area (Å²) in [7, 11) is 7.36. The van der Waals surface area contributed by atoms with Gasteiger partial charge in [-0.05, 0) is 11.6 Å². The maximum atomic E-state index is 13.5. The van der Waals surface area contributed by atoms with Gasteiger partial charge in [-0.2, -0.15) is 26.3 Å². The Kier molecular flexibility index (Phi) is 24.4. The Hall–Kier alpha value is -5.76. The lowest BCUT2D eigenvalue weighted by Gasteiger charge is -2.48. The number of carboxylic acid groups (broad SMARTS) is 3. The van der Waals surface area contributed by atoms with E-state index in [2.05, 4.69) is 40.9 Å². The predicted molar refractivity (Wildman–Crippen MR) is 241 cm³/mol. The van der Waals surface area contributed by atoms with Gasteiger partial charge in [0.1, 0.15) is 34.2 Å². The summed E-state index contributed by atoms with van der Waals surface area (Å²) in [4.78, 5) is 79.6. The number of aliphatic carboxylic acids is 3. The Morgan fingerprint density at radius 3 is 1.15 bits per heavy atom. The van der Waals surface area contributed by atoms with Gasteiger partial charge in [0, 0.05) is 32.9 Å². The highest BCUT2D eigenvalue weighted by Crippen LogP contribution is 2.42. The van der Waals surface area contributed by atoms with Crippen molar-refractivity contribution in [3.8, 4) is 17.2 Å². The van der Waals surface area contributed by atoms with Crippen LogP contribution in [0.2, 0.25) is 0 Å². The van der Waals surface area contributed by atoms with Crippen LogP contribution in [-0.2, 0) is 42.8 Å². The molecule has 41 heteroatoms. The minimum Gasteiger partial charge on any atom is -0.479 e. The number of thioether (sulfide) groups is 2. The summed E-state index contributed by atoms with van der Waals surface area (Å²) in [5.74, 6) is -44.3. The largest absolute Gasteiger partial charge is 0.479 e. The van der Waals surface area contributed by atoms with E-state index in [1.807, 2.05) is 0 Å². The Morgan fingerprint density at radius 1 is 0.544 bits per heavy atom. The molecule has 79 heavy (non-hydrogen) atoms. The number of carbonyl (C=O) groups excluding carboxylic acids is 4. The molecule has 4 atom stereocenters. The first kappa shape index (κ1) is 67.5. The van der Waals surface area contributed by atoms with Crippen LogP contribution in [0.1, 0.15) is 0 Å². The summed E-state index contributed by atoms with van der Waals surface area (Å²) < 4.78 is 214. The minimum atomic E-state index is -2.38. The minimum absolute atomic E-state index is 0.0606. The molecule has 6 N–H and O–H groups in total. The van der Waals surface area contributed by atoms with Gasteiger partial charge in [0.15, 0.2) is 37.1 Å². The number of hydrogen-bond acceptors (Lipinski definition) is 14. The van der Waals surface area contributed by atoms with Crippen molar-refractivity contribution in [2.24, 2.45) is 5.73 Å². The smallest absolute Gasteiger partial charge is 0.353 e. The number of benzene rings is 3. The van der Waals surface area contributed by atoms with Crippen LogP contribution >= 0.6 is 79.7 Å². The number of nitrogens with two attached hydrogens (primary N) is 1. The van der Waals surface area contributed by atoms with Crippen molar-refractivity contribution in [2.75, 3.05) is 31.3 Å². The molecule has 0 saturated carbocycles. The first-order chi connectivity index (χ1) is 36.5. The SMILES string of the molecule is NC1C(=O)N2C(C(=O)O)=C(Cl)CSC12.O=C(COc1c(F)c(F)c(F)c(F)c1F)NC1C(=O)N2C(C(=O)O)=C(Cl)CSC12.O=C(Cl)COc1c(F)c(F)c(F)c(F)c1F.O=C(O)COc1c(F)c(F)c(F)c(F)c1F.O=S(Cl)Cl. The van der Waals surface area contributed by atoms with Gasteiger partial charge in [-0.1, -0.05) is 23.2 Å². The summed E-state index contributed by atoms with van der Waals surface area (Å²) in [5, 5.41) is 26.2. The summed E-state index contributed by atoms with van der Waals surface area (Å²) in [6.45, 7) is -3.40. The van der Waals surface area contributed by atoms with Gasteiger partial charge in [-0.15, -0.1) is 23.5 Å². The first-order valence-electron chi connectivity index (χ1n) is 19.3. The molecule has 7 rings (SSSR count). The van der Waals surface area contributed by atoms with Gasteiger partial charge in [0.25, 0.3) is 17.1 Å². The van der Waals surface area contributed by atoms with Gasteiger partial charge in [-0.25, -0.2) is 58.1 Å². The van der Waals surface area contributed by atoms with Crippen LogP contribution in [0.15, 0.2) is 21.5 Å². The number of halogens is 20. The van der Waals surface area contributed by atoms with Crippen LogP contribution in [0.5, 0.6) is 17.2 Å². The van der Waals surface area contributed by atoms with E-state index in [0.717, 1.165) is 21.6 Å². The number of carboxylic acids is 3. The fourth-order valence-corrected chi connectivity index (χ4v) is 8.91. The molecule has 18 nitrogen and oxygen atoms in total. The van der Waals surface area contributed by atoms with Crippen LogP contribution in [-0.4, -0.2) is 124 Å². The molecule has 3 aromatic carbocycles. The van der Waals surface area contributed by atoms with E-state index >= 15 is 0 Å². The van der Waals surface area contributed by atoms with Crippen LogP contribution in [0.4, 0.5) is 65.9 Å². The molecule has 0 spiro atoms. The Bertz CT molecular complexity index is 2930. The summed E-state index contributed by atoms with van der Waals surface area (Å²) in [6, 6.07) is -1.79. The number of hydrogen-bond donors (Lipinski definition) is 5. The number of fused-ring (bicyclic) bond motifs is 2. The van der Waals surface area contributed by atoms with Crippen LogP contribution in [0, 0.1) is 87.3 Å². The maximum Gasteiger partial charge on any atom is 0.353 e. The molecule has 0 aliphatic carbocycles. The van der Waals surface area contributed by atoms with Crippen molar-refractivity contribution < 1.29 is 133 Å². The molecule has 2 fully saturated rings. The zero-order valence-electron chi connectivity index (χ0n) is 36.9. The molecule has 3 aromatic rings. The van der Waals surface area contributed by atoms with Crippen molar-refractivity contribution in [3.05, 3.63) is 109 Å². The third kappa shape index (κ3) is 15.6. The van der Waals surface area contributed by atoms with E-state index in [0.29, 0.717) is 5.75 Å². The third-order valence-electron chi connectivity index (χ3n) is 9.13. The van der Waals surface area contributed by atoms with Gasteiger partial charge in [0.05, 0.1) is 10.1 Å². The van der Waals surface area contributed by atoms with E-state index in [1.54, 1.807) is 0 Å². The van der Waals surface area contributed by atoms with Crippen molar-refractivity contribution in [2.45, 2.75) is 22.8 Å². The standard InChI is InChI=1S/C15H8ClF5N2O5S.C8H2ClF5O2.C8H3F5O3.C7H7ClN2O3S.Cl2OS/c16-3-2-29-14-10(13(25)23(14)11(3)15(26)27)22-4(24)1-28-12-8(20)6(18)5(17)7(19)9(12)21;9-2(15)1-16-8-6(13)4(11)3(10)5(12)7(8)14;9-3-4(10)6(12)8(7(13)5(3)11)16-1-2(14)15;8-2-1-14-6-3(9)5(11)10(6)4(2)7(12)13;1-4(2)3/h10,14H,1-2H2,(H,22,24)(H,26,27);1H2;1H2,(H,14,15);3,6H,1,9H2,(H,12,13);. The Balaban J connectivity index is 0.000000283. The number of nitrogens with one attached hydrogen (secondary N) is 1. The molecule has 3 amide bonds. The van der Waals surface area contributed by atoms with Crippen molar-refractivity contribution in [1.82, 2.24) is 15.1 Å². The van der Waals surface area contributed by atoms with E-state index in [9.17, 15) is 99.4 Å². The third-order valence-corrected chi connectivity index (χ3v) is 12.8. The summed E-state index contributed by atoms with van der Waals surface area (Å²) in [5.41, 5.74) is 4.96.